The van der Waals surface area contributed by atoms with Crippen LogP contribution >= 0.6 is 11.6 Å². The summed E-state index contributed by atoms with van der Waals surface area (Å²) in [6.45, 7) is 3.63. The van der Waals surface area contributed by atoms with E-state index in [9.17, 15) is 4.79 Å². The summed E-state index contributed by atoms with van der Waals surface area (Å²) in [7, 11) is 0. The fourth-order valence-electron chi connectivity index (χ4n) is 1.89. The Labute approximate surface area is 112 Å². The molecule has 3 heteroatoms. The van der Waals surface area contributed by atoms with Crippen molar-refractivity contribution in [2.45, 2.75) is 25.3 Å². The molecule has 0 unspecified atom stereocenters. The van der Waals surface area contributed by atoms with Crippen molar-refractivity contribution >= 4 is 28.3 Å². The molecule has 2 atom stereocenters. The van der Waals surface area contributed by atoms with Crippen LogP contribution in [0.5, 0.6) is 0 Å². The van der Waals surface area contributed by atoms with Crippen molar-refractivity contribution < 1.29 is 4.79 Å². The SMILES string of the molecule is C[C@H](Cl)C(=O)N[C@@H](C)c1ccc2ccccc2c1. The lowest BCUT2D eigenvalue weighted by molar-refractivity contribution is -0.121. The summed E-state index contributed by atoms with van der Waals surface area (Å²) in [6.07, 6.45) is 0. The Kier molecular flexibility index (Phi) is 3.87. The molecule has 0 aliphatic heterocycles. The predicted molar refractivity (Wildman–Crippen MR) is 75.8 cm³/mol. The van der Waals surface area contributed by atoms with E-state index in [1.54, 1.807) is 6.92 Å². The van der Waals surface area contributed by atoms with Gasteiger partial charge in [0.15, 0.2) is 0 Å². The number of carbonyl (C=O) groups is 1. The van der Waals surface area contributed by atoms with Gasteiger partial charge in [-0.05, 0) is 36.2 Å². The van der Waals surface area contributed by atoms with Crippen LogP contribution in [0, 0.1) is 0 Å². The van der Waals surface area contributed by atoms with Crippen LogP contribution < -0.4 is 5.32 Å². The molecular weight excluding hydrogens is 246 g/mol. The lowest BCUT2D eigenvalue weighted by atomic mass is 10.0. The van der Waals surface area contributed by atoms with Gasteiger partial charge in [0.2, 0.25) is 5.91 Å². The van der Waals surface area contributed by atoms with E-state index in [0.29, 0.717) is 0 Å². The molecule has 1 amide bonds. The summed E-state index contributed by atoms with van der Waals surface area (Å²) in [5.74, 6) is -0.141. The number of nitrogens with one attached hydrogen (secondary N) is 1. The predicted octanol–water partition coefficient (Wildman–Crippen LogP) is 3.64. The van der Waals surface area contributed by atoms with Gasteiger partial charge in [-0.1, -0.05) is 36.4 Å². The minimum absolute atomic E-state index is 0.0386. The quantitative estimate of drug-likeness (QED) is 0.840. The van der Waals surface area contributed by atoms with Gasteiger partial charge in [-0.25, -0.2) is 0 Å². The molecule has 2 aromatic rings. The van der Waals surface area contributed by atoms with Crippen molar-refractivity contribution in [1.82, 2.24) is 5.32 Å². The van der Waals surface area contributed by atoms with Crippen LogP contribution in [0.25, 0.3) is 10.8 Å². The number of carbonyl (C=O) groups excluding carboxylic acids is 1. The van der Waals surface area contributed by atoms with Crippen molar-refractivity contribution in [1.29, 1.82) is 0 Å². The molecule has 0 saturated heterocycles. The number of hydrogen-bond acceptors (Lipinski definition) is 1. The van der Waals surface area contributed by atoms with Gasteiger partial charge in [0, 0.05) is 0 Å². The maximum atomic E-state index is 11.5. The molecule has 0 spiro atoms. The Bertz CT molecular complexity index is 565. The fraction of sp³-hybridized carbons (Fsp3) is 0.267. The first-order valence-corrected chi connectivity index (χ1v) is 6.44. The Morgan fingerprint density at radius 1 is 1.11 bits per heavy atom. The van der Waals surface area contributed by atoms with Gasteiger partial charge >= 0.3 is 0 Å². The first kappa shape index (κ1) is 12.9. The van der Waals surface area contributed by atoms with Gasteiger partial charge in [-0.15, -0.1) is 11.6 Å². The van der Waals surface area contributed by atoms with E-state index in [1.807, 2.05) is 25.1 Å². The zero-order valence-electron chi connectivity index (χ0n) is 10.5. The second-order valence-electron chi connectivity index (χ2n) is 4.45. The number of rotatable bonds is 3. The Balaban J connectivity index is 2.22. The summed E-state index contributed by atoms with van der Waals surface area (Å²) in [5, 5.41) is 4.76. The lowest BCUT2D eigenvalue weighted by Gasteiger charge is -2.16. The molecule has 2 aromatic carbocycles. The Morgan fingerprint density at radius 3 is 2.44 bits per heavy atom. The van der Waals surface area contributed by atoms with Gasteiger partial charge in [-0.3, -0.25) is 4.79 Å². The maximum absolute atomic E-state index is 11.5. The molecule has 0 bridgehead atoms. The monoisotopic (exact) mass is 261 g/mol. The Morgan fingerprint density at radius 2 is 1.78 bits per heavy atom. The maximum Gasteiger partial charge on any atom is 0.238 e. The standard InChI is InChI=1S/C15H16ClNO/c1-10(16)15(18)17-11(2)13-8-7-12-5-3-4-6-14(12)9-13/h3-11H,1-2H3,(H,17,18)/t10-,11-/m0/s1. The first-order valence-electron chi connectivity index (χ1n) is 6.01. The van der Waals surface area contributed by atoms with E-state index in [2.05, 4.69) is 29.6 Å². The van der Waals surface area contributed by atoms with Crippen molar-refractivity contribution in [2.24, 2.45) is 0 Å². The molecule has 0 radical (unpaired) electrons. The van der Waals surface area contributed by atoms with Crippen molar-refractivity contribution in [2.75, 3.05) is 0 Å². The molecule has 0 aromatic heterocycles. The van der Waals surface area contributed by atoms with Crippen LogP contribution in [0.15, 0.2) is 42.5 Å². The number of alkyl halides is 1. The lowest BCUT2D eigenvalue weighted by Crippen LogP contribution is -2.31. The molecule has 1 N–H and O–H groups in total. The van der Waals surface area contributed by atoms with Gasteiger partial charge in [0.25, 0.3) is 0 Å². The normalized spacial score (nSPS) is 14.2. The highest BCUT2D eigenvalue weighted by Crippen LogP contribution is 2.20. The molecule has 0 saturated carbocycles. The van der Waals surface area contributed by atoms with Gasteiger partial charge < -0.3 is 5.32 Å². The average Bonchev–Trinajstić information content (AvgIpc) is 2.37. The van der Waals surface area contributed by atoms with Crippen LogP contribution in [0.2, 0.25) is 0 Å². The van der Waals surface area contributed by atoms with Crippen LogP contribution in [-0.2, 0) is 4.79 Å². The number of hydrogen-bond donors (Lipinski definition) is 1. The van der Waals surface area contributed by atoms with E-state index in [0.717, 1.165) is 5.56 Å². The highest BCUT2D eigenvalue weighted by Gasteiger charge is 2.13. The van der Waals surface area contributed by atoms with Crippen LogP contribution in [0.1, 0.15) is 25.5 Å². The van der Waals surface area contributed by atoms with Crippen molar-refractivity contribution in [3.63, 3.8) is 0 Å². The third-order valence-electron chi connectivity index (χ3n) is 2.99. The zero-order chi connectivity index (χ0) is 13.1. The van der Waals surface area contributed by atoms with Crippen LogP contribution in [0.3, 0.4) is 0 Å². The molecule has 0 aliphatic rings. The third-order valence-corrected chi connectivity index (χ3v) is 3.19. The molecule has 2 rings (SSSR count). The minimum atomic E-state index is -0.507. The third kappa shape index (κ3) is 2.82. The van der Waals surface area contributed by atoms with Gasteiger partial charge in [-0.2, -0.15) is 0 Å². The topological polar surface area (TPSA) is 29.1 Å². The van der Waals surface area contributed by atoms with E-state index in [1.165, 1.54) is 10.8 Å². The van der Waals surface area contributed by atoms with Crippen molar-refractivity contribution in [3.8, 4) is 0 Å². The molecule has 0 aliphatic carbocycles. The highest BCUT2D eigenvalue weighted by atomic mass is 35.5. The summed E-state index contributed by atoms with van der Waals surface area (Å²) >= 11 is 5.74. The van der Waals surface area contributed by atoms with Crippen LogP contribution in [0.4, 0.5) is 0 Å². The smallest absolute Gasteiger partial charge is 0.238 e. The molecule has 0 heterocycles. The van der Waals surface area contributed by atoms with Gasteiger partial charge in [0.1, 0.15) is 5.38 Å². The zero-order valence-corrected chi connectivity index (χ0v) is 11.2. The number of fused-ring (bicyclic) bond motifs is 1. The molecule has 94 valence electrons. The van der Waals surface area contributed by atoms with E-state index < -0.39 is 5.38 Å². The molecule has 18 heavy (non-hydrogen) atoms. The summed E-state index contributed by atoms with van der Waals surface area (Å²) in [5.41, 5.74) is 1.08. The molecule has 2 nitrogen and oxygen atoms in total. The summed E-state index contributed by atoms with van der Waals surface area (Å²) in [4.78, 5) is 11.5. The van der Waals surface area contributed by atoms with Crippen LogP contribution in [-0.4, -0.2) is 11.3 Å². The second kappa shape index (κ2) is 5.40. The van der Waals surface area contributed by atoms with E-state index >= 15 is 0 Å². The van der Waals surface area contributed by atoms with Crippen molar-refractivity contribution in [3.05, 3.63) is 48.0 Å². The van der Waals surface area contributed by atoms with E-state index in [-0.39, 0.29) is 11.9 Å². The first-order chi connectivity index (χ1) is 8.58. The number of halogens is 1. The Hall–Kier alpha value is -1.54. The number of benzene rings is 2. The minimum Gasteiger partial charge on any atom is -0.348 e. The van der Waals surface area contributed by atoms with E-state index in [4.69, 9.17) is 11.6 Å². The highest BCUT2D eigenvalue weighted by molar-refractivity contribution is 6.30. The summed E-state index contributed by atoms with van der Waals surface area (Å²) < 4.78 is 0. The molecular formula is C15H16ClNO. The summed E-state index contributed by atoms with van der Waals surface area (Å²) in [6, 6.07) is 14.3. The molecule has 0 fully saturated rings. The number of amides is 1. The fourth-order valence-corrected chi connectivity index (χ4v) is 1.95. The average molecular weight is 262 g/mol. The second-order valence-corrected chi connectivity index (χ2v) is 5.11. The largest absolute Gasteiger partial charge is 0.348 e. The van der Waals surface area contributed by atoms with Gasteiger partial charge in [0.05, 0.1) is 6.04 Å².